The average Bonchev–Trinajstić information content (AvgIpc) is 1.64. The fraction of sp³-hybridized carbons (Fsp3) is 0.800. The molecule has 3 nitrogen and oxygen atoms in total. The summed E-state index contributed by atoms with van der Waals surface area (Å²) in [5, 5.41) is 9.90. The van der Waals surface area contributed by atoms with Crippen molar-refractivity contribution in [2.45, 2.75) is 19.9 Å². The minimum Gasteiger partial charge on any atom is -0.548 e. The van der Waals surface area contributed by atoms with Gasteiger partial charge < -0.3 is 15.6 Å². The first-order chi connectivity index (χ1) is 3.55. The number of carboxylic acids is 1. The Hall–Kier alpha value is 0.0274. The predicted molar refractivity (Wildman–Crippen MR) is 27.8 cm³/mol. The Morgan fingerprint density at radius 2 is 1.89 bits per heavy atom. The summed E-state index contributed by atoms with van der Waals surface area (Å²) in [4.78, 5) is 9.90. The molecular formula is C5H10LiNO2. The van der Waals surface area contributed by atoms with Gasteiger partial charge in [0, 0.05) is 6.04 Å². The van der Waals surface area contributed by atoms with Crippen LogP contribution in [0.15, 0.2) is 0 Å². The molecular weight excluding hydrogens is 113 g/mol. The van der Waals surface area contributed by atoms with Gasteiger partial charge in [-0.2, -0.15) is 0 Å². The van der Waals surface area contributed by atoms with Crippen molar-refractivity contribution in [2.24, 2.45) is 11.7 Å². The van der Waals surface area contributed by atoms with E-state index in [9.17, 15) is 9.90 Å². The zero-order valence-electron chi connectivity index (χ0n) is 6.05. The van der Waals surface area contributed by atoms with Gasteiger partial charge in [-0.3, -0.25) is 0 Å². The molecule has 0 fully saturated rings. The van der Waals surface area contributed by atoms with Crippen molar-refractivity contribution in [3.05, 3.63) is 0 Å². The quantitative estimate of drug-likeness (QED) is 0.378. The maximum atomic E-state index is 9.90. The first-order valence-electron chi connectivity index (χ1n) is 2.52. The second-order valence-electron chi connectivity index (χ2n) is 2.09. The molecule has 0 saturated carbocycles. The fourth-order valence-corrected chi connectivity index (χ4v) is 0.272. The third kappa shape index (κ3) is 4.53. The second kappa shape index (κ2) is 4.86. The summed E-state index contributed by atoms with van der Waals surface area (Å²) >= 11 is 0. The molecule has 0 aliphatic carbocycles. The zero-order chi connectivity index (χ0) is 6.73. The van der Waals surface area contributed by atoms with Gasteiger partial charge in [-0.1, -0.05) is 13.8 Å². The van der Waals surface area contributed by atoms with E-state index in [4.69, 9.17) is 5.73 Å². The molecule has 48 valence electrons. The number of rotatable bonds is 2. The first-order valence-corrected chi connectivity index (χ1v) is 2.52. The van der Waals surface area contributed by atoms with E-state index < -0.39 is 12.0 Å². The number of carbonyl (C=O) groups is 1. The van der Waals surface area contributed by atoms with Crippen LogP contribution in [0.5, 0.6) is 0 Å². The normalized spacial score (nSPS) is 12.4. The van der Waals surface area contributed by atoms with Gasteiger partial charge in [-0.25, -0.2) is 0 Å². The third-order valence-electron chi connectivity index (χ3n) is 0.990. The van der Waals surface area contributed by atoms with E-state index in [2.05, 4.69) is 0 Å². The number of carboxylic acid groups (broad SMARTS) is 1. The Bertz CT molecular complexity index is 95.0. The van der Waals surface area contributed by atoms with E-state index in [1.165, 1.54) is 0 Å². The van der Waals surface area contributed by atoms with Gasteiger partial charge in [0.1, 0.15) is 0 Å². The van der Waals surface area contributed by atoms with Crippen molar-refractivity contribution in [1.29, 1.82) is 0 Å². The van der Waals surface area contributed by atoms with Crippen LogP contribution in [0.25, 0.3) is 0 Å². The molecule has 0 spiro atoms. The average molecular weight is 123 g/mol. The van der Waals surface area contributed by atoms with E-state index in [0.717, 1.165) is 0 Å². The van der Waals surface area contributed by atoms with Gasteiger partial charge in [0.2, 0.25) is 0 Å². The Kier molecular flexibility index (Phi) is 6.37. The summed E-state index contributed by atoms with van der Waals surface area (Å²) in [5.74, 6) is -1.22. The van der Waals surface area contributed by atoms with Crippen LogP contribution in [0.3, 0.4) is 0 Å². The maximum Gasteiger partial charge on any atom is 1.00 e. The van der Waals surface area contributed by atoms with Crippen molar-refractivity contribution < 1.29 is 28.8 Å². The Morgan fingerprint density at radius 3 is 1.89 bits per heavy atom. The number of hydrogen-bond acceptors (Lipinski definition) is 3. The van der Waals surface area contributed by atoms with Crippen molar-refractivity contribution in [2.75, 3.05) is 0 Å². The van der Waals surface area contributed by atoms with Gasteiger partial charge >= 0.3 is 18.9 Å². The third-order valence-corrected chi connectivity index (χ3v) is 0.990. The molecule has 0 aromatic heterocycles. The fourth-order valence-electron chi connectivity index (χ4n) is 0.272. The molecule has 0 aliphatic heterocycles. The van der Waals surface area contributed by atoms with Crippen LogP contribution in [0.1, 0.15) is 13.8 Å². The molecule has 0 aromatic carbocycles. The number of nitrogens with two attached hydrogens (primary N) is 1. The molecule has 0 amide bonds. The molecule has 1 unspecified atom stereocenters. The number of aliphatic carboxylic acids is 1. The van der Waals surface area contributed by atoms with E-state index >= 15 is 0 Å². The molecule has 0 bridgehead atoms. The summed E-state index contributed by atoms with van der Waals surface area (Å²) in [7, 11) is 0. The van der Waals surface area contributed by atoms with E-state index in [1.807, 2.05) is 0 Å². The summed E-state index contributed by atoms with van der Waals surface area (Å²) < 4.78 is 0. The van der Waals surface area contributed by atoms with E-state index in [-0.39, 0.29) is 24.8 Å². The molecule has 4 heteroatoms. The molecule has 0 aliphatic rings. The van der Waals surface area contributed by atoms with Crippen LogP contribution >= 0.6 is 0 Å². The molecule has 0 heterocycles. The summed E-state index contributed by atoms with van der Waals surface area (Å²) in [5.41, 5.74) is 5.10. The second-order valence-corrected chi connectivity index (χ2v) is 2.09. The standard InChI is InChI=1S/C5H11NO2.Li/c1-3(2)4(6)5(7)8;/h3-4H,6H2,1-2H3,(H,7,8);/q;+1/p-1. The van der Waals surface area contributed by atoms with Crippen LogP contribution in [-0.2, 0) is 4.79 Å². The molecule has 2 N–H and O–H groups in total. The summed E-state index contributed by atoms with van der Waals surface area (Å²) in [6, 6.07) is -0.824. The molecule has 0 radical (unpaired) electrons. The van der Waals surface area contributed by atoms with Crippen LogP contribution in [0, 0.1) is 5.92 Å². The number of hydrogen-bond donors (Lipinski definition) is 1. The summed E-state index contributed by atoms with van der Waals surface area (Å²) in [6.07, 6.45) is 0. The Morgan fingerprint density at radius 1 is 1.56 bits per heavy atom. The Labute approximate surface area is 66.8 Å². The van der Waals surface area contributed by atoms with Crippen LogP contribution in [0.4, 0.5) is 0 Å². The van der Waals surface area contributed by atoms with E-state index in [1.54, 1.807) is 13.8 Å². The van der Waals surface area contributed by atoms with Crippen molar-refractivity contribution >= 4 is 5.97 Å². The SMILES string of the molecule is CC(C)C(N)C(=O)[O-].[Li+]. The zero-order valence-corrected chi connectivity index (χ0v) is 6.05. The smallest absolute Gasteiger partial charge is 0.548 e. The summed E-state index contributed by atoms with van der Waals surface area (Å²) in [6.45, 7) is 3.47. The first kappa shape index (κ1) is 11.8. The minimum atomic E-state index is -1.18. The Balaban J connectivity index is 0. The molecule has 0 saturated heterocycles. The largest absolute Gasteiger partial charge is 1.00 e. The minimum absolute atomic E-state index is 0. The topological polar surface area (TPSA) is 66.2 Å². The molecule has 1 atom stereocenters. The van der Waals surface area contributed by atoms with Crippen molar-refractivity contribution in [3.8, 4) is 0 Å². The van der Waals surface area contributed by atoms with Crippen LogP contribution in [-0.4, -0.2) is 12.0 Å². The maximum absolute atomic E-state index is 9.90. The molecule has 0 rings (SSSR count). The van der Waals surface area contributed by atoms with Crippen LogP contribution < -0.4 is 29.7 Å². The van der Waals surface area contributed by atoms with Crippen LogP contribution in [0.2, 0.25) is 0 Å². The molecule has 9 heavy (non-hydrogen) atoms. The van der Waals surface area contributed by atoms with Crippen molar-refractivity contribution in [1.82, 2.24) is 0 Å². The number of carbonyl (C=O) groups excluding carboxylic acids is 1. The monoisotopic (exact) mass is 123 g/mol. The predicted octanol–water partition coefficient (Wildman–Crippen LogP) is -4.28. The van der Waals surface area contributed by atoms with Gasteiger partial charge in [0.25, 0.3) is 0 Å². The van der Waals surface area contributed by atoms with Gasteiger partial charge in [0.05, 0.1) is 5.97 Å². The van der Waals surface area contributed by atoms with Gasteiger partial charge in [-0.15, -0.1) is 0 Å². The van der Waals surface area contributed by atoms with Crippen molar-refractivity contribution in [3.63, 3.8) is 0 Å². The van der Waals surface area contributed by atoms with Gasteiger partial charge in [0.15, 0.2) is 0 Å². The molecule has 0 aromatic rings. The van der Waals surface area contributed by atoms with Gasteiger partial charge in [-0.05, 0) is 5.92 Å². The van der Waals surface area contributed by atoms with E-state index in [0.29, 0.717) is 0 Å².